The summed E-state index contributed by atoms with van der Waals surface area (Å²) in [6.07, 6.45) is 2.54. The van der Waals surface area contributed by atoms with Crippen LogP contribution in [0.2, 0.25) is 0 Å². The van der Waals surface area contributed by atoms with Crippen LogP contribution in [-0.4, -0.2) is 57.3 Å². The number of ether oxygens (including phenoxy) is 2. The van der Waals surface area contributed by atoms with Gasteiger partial charge < -0.3 is 25.0 Å². The molecule has 1 aliphatic rings. The van der Waals surface area contributed by atoms with Crippen molar-refractivity contribution in [2.75, 3.05) is 45.7 Å². The molecule has 1 aromatic rings. The lowest BCUT2D eigenvalue weighted by molar-refractivity contribution is 0.141. The molecule has 1 aromatic carbocycles. The number of anilines is 1. The standard InChI is InChI=1S/C20H34N4O2/c1-6-26-19-12-17(9-10-18(19)25-5)23-20(21-4)22-13-16-8-7-11-24(14-16)15(2)3/h9-10,12,15-16H,6-8,11,13-14H2,1-5H3,(H2,21,22,23). The molecular formula is C20H34N4O2. The van der Waals surface area contributed by atoms with Crippen LogP contribution >= 0.6 is 0 Å². The quantitative estimate of drug-likeness (QED) is 0.576. The molecular weight excluding hydrogens is 328 g/mol. The van der Waals surface area contributed by atoms with E-state index in [0.717, 1.165) is 36.2 Å². The van der Waals surface area contributed by atoms with Gasteiger partial charge in [0, 0.05) is 37.9 Å². The summed E-state index contributed by atoms with van der Waals surface area (Å²) in [6, 6.07) is 6.43. The number of nitrogens with zero attached hydrogens (tertiary/aromatic N) is 2. The van der Waals surface area contributed by atoms with E-state index in [0.29, 0.717) is 18.6 Å². The highest BCUT2D eigenvalue weighted by atomic mass is 16.5. The molecule has 1 fully saturated rings. The number of aliphatic imine (C=N–C) groups is 1. The van der Waals surface area contributed by atoms with Gasteiger partial charge in [-0.05, 0) is 58.2 Å². The highest BCUT2D eigenvalue weighted by Crippen LogP contribution is 2.30. The number of rotatable bonds is 7. The Morgan fingerprint density at radius 2 is 2.15 bits per heavy atom. The second-order valence-corrected chi connectivity index (χ2v) is 6.97. The minimum Gasteiger partial charge on any atom is -0.493 e. The van der Waals surface area contributed by atoms with Gasteiger partial charge in [0.2, 0.25) is 0 Å². The van der Waals surface area contributed by atoms with Gasteiger partial charge in [-0.1, -0.05) is 0 Å². The highest BCUT2D eigenvalue weighted by Gasteiger charge is 2.21. The average molecular weight is 363 g/mol. The van der Waals surface area contributed by atoms with Crippen molar-refractivity contribution >= 4 is 11.6 Å². The third-order valence-corrected chi connectivity index (χ3v) is 4.79. The zero-order chi connectivity index (χ0) is 18.9. The third-order valence-electron chi connectivity index (χ3n) is 4.79. The predicted octanol–water partition coefficient (Wildman–Crippen LogP) is 3.20. The summed E-state index contributed by atoms with van der Waals surface area (Å²) in [7, 11) is 3.44. The average Bonchev–Trinajstić information content (AvgIpc) is 2.65. The maximum Gasteiger partial charge on any atom is 0.195 e. The van der Waals surface area contributed by atoms with E-state index in [-0.39, 0.29) is 0 Å². The van der Waals surface area contributed by atoms with Crippen molar-refractivity contribution in [1.82, 2.24) is 10.2 Å². The van der Waals surface area contributed by atoms with Crippen LogP contribution in [0, 0.1) is 5.92 Å². The van der Waals surface area contributed by atoms with E-state index in [1.807, 2.05) is 25.1 Å². The molecule has 0 saturated carbocycles. The van der Waals surface area contributed by atoms with Crippen molar-refractivity contribution in [1.29, 1.82) is 0 Å². The number of piperidine rings is 1. The molecule has 0 bridgehead atoms. The second kappa shape index (κ2) is 10.3. The molecule has 0 spiro atoms. The van der Waals surface area contributed by atoms with Gasteiger partial charge in [0.1, 0.15) is 0 Å². The Balaban J connectivity index is 1.92. The Bertz CT molecular complexity index is 589. The largest absolute Gasteiger partial charge is 0.493 e. The molecule has 6 heteroatoms. The van der Waals surface area contributed by atoms with Crippen LogP contribution in [0.25, 0.3) is 0 Å². The zero-order valence-electron chi connectivity index (χ0n) is 16.8. The van der Waals surface area contributed by atoms with Crippen molar-refractivity contribution in [3.8, 4) is 11.5 Å². The van der Waals surface area contributed by atoms with E-state index in [1.54, 1.807) is 14.2 Å². The Hall–Kier alpha value is -1.95. The van der Waals surface area contributed by atoms with Crippen molar-refractivity contribution in [2.24, 2.45) is 10.9 Å². The molecule has 1 heterocycles. The van der Waals surface area contributed by atoms with E-state index in [1.165, 1.54) is 19.4 Å². The van der Waals surface area contributed by atoms with Crippen molar-refractivity contribution in [3.05, 3.63) is 18.2 Å². The molecule has 26 heavy (non-hydrogen) atoms. The van der Waals surface area contributed by atoms with Gasteiger partial charge in [0.25, 0.3) is 0 Å². The van der Waals surface area contributed by atoms with E-state index in [2.05, 4.69) is 34.4 Å². The van der Waals surface area contributed by atoms with Gasteiger partial charge in [0.05, 0.1) is 13.7 Å². The summed E-state index contributed by atoms with van der Waals surface area (Å²) in [5.74, 6) is 2.89. The lowest BCUT2D eigenvalue weighted by Gasteiger charge is -2.35. The van der Waals surface area contributed by atoms with Crippen LogP contribution in [0.15, 0.2) is 23.2 Å². The first-order valence-electron chi connectivity index (χ1n) is 9.59. The van der Waals surface area contributed by atoms with Crippen LogP contribution in [0.3, 0.4) is 0 Å². The number of guanidine groups is 1. The van der Waals surface area contributed by atoms with Crippen LogP contribution < -0.4 is 20.1 Å². The molecule has 1 atom stereocenters. The fourth-order valence-corrected chi connectivity index (χ4v) is 3.31. The Kier molecular flexibility index (Phi) is 8.04. The summed E-state index contributed by atoms with van der Waals surface area (Å²) < 4.78 is 11.0. The Morgan fingerprint density at radius 1 is 1.35 bits per heavy atom. The molecule has 2 N–H and O–H groups in total. The minimum absolute atomic E-state index is 0.598. The molecule has 1 aliphatic heterocycles. The Labute approximate surface area is 158 Å². The fourth-order valence-electron chi connectivity index (χ4n) is 3.31. The predicted molar refractivity (Wildman–Crippen MR) is 109 cm³/mol. The summed E-state index contributed by atoms with van der Waals surface area (Å²) in [5, 5.41) is 6.81. The van der Waals surface area contributed by atoms with E-state index in [9.17, 15) is 0 Å². The second-order valence-electron chi connectivity index (χ2n) is 6.97. The number of likely N-dealkylation sites (tertiary alicyclic amines) is 1. The number of hydrogen-bond acceptors (Lipinski definition) is 4. The van der Waals surface area contributed by atoms with Crippen LogP contribution in [-0.2, 0) is 0 Å². The molecule has 6 nitrogen and oxygen atoms in total. The van der Waals surface area contributed by atoms with Gasteiger partial charge in [-0.2, -0.15) is 0 Å². The molecule has 0 aliphatic carbocycles. The summed E-state index contributed by atoms with van der Waals surface area (Å²) in [4.78, 5) is 6.91. The smallest absolute Gasteiger partial charge is 0.195 e. The first-order chi connectivity index (χ1) is 12.6. The van der Waals surface area contributed by atoms with Gasteiger partial charge >= 0.3 is 0 Å². The topological polar surface area (TPSA) is 58.1 Å². The zero-order valence-corrected chi connectivity index (χ0v) is 16.8. The number of hydrogen-bond donors (Lipinski definition) is 2. The normalized spacial score (nSPS) is 18.7. The van der Waals surface area contributed by atoms with E-state index >= 15 is 0 Å². The lowest BCUT2D eigenvalue weighted by Crippen LogP contribution is -2.44. The van der Waals surface area contributed by atoms with Gasteiger partial charge in [-0.25, -0.2) is 0 Å². The molecule has 2 rings (SSSR count). The van der Waals surface area contributed by atoms with E-state index in [4.69, 9.17) is 9.47 Å². The van der Waals surface area contributed by atoms with Crippen LogP contribution in [0.5, 0.6) is 11.5 Å². The van der Waals surface area contributed by atoms with Crippen LogP contribution in [0.1, 0.15) is 33.6 Å². The van der Waals surface area contributed by atoms with Gasteiger partial charge in [-0.15, -0.1) is 0 Å². The summed E-state index contributed by atoms with van der Waals surface area (Å²) in [6.45, 7) is 10.4. The fraction of sp³-hybridized carbons (Fsp3) is 0.650. The van der Waals surface area contributed by atoms with Gasteiger partial charge in [-0.3, -0.25) is 4.99 Å². The SMILES string of the molecule is CCOc1cc(NC(=NC)NCC2CCCN(C(C)C)C2)ccc1OC. The number of benzene rings is 1. The molecule has 0 radical (unpaired) electrons. The molecule has 1 unspecified atom stereocenters. The summed E-state index contributed by atoms with van der Waals surface area (Å²) in [5.41, 5.74) is 0.926. The lowest BCUT2D eigenvalue weighted by atomic mass is 9.97. The minimum atomic E-state index is 0.598. The number of methoxy groups -OCH3 is 1. The maximum absolute atomic E-state index is 5.64. The molecule has 1 saturated heterocycles. The van der Waals surface area contributed by atoms with Crippen molar-refractivity contribution in [2.45, 2.75) is 39.7 Å². The highest BCUT2D eigenvalue weighted by molar-refractivity contribution is 5.93. The van der Waals surface area contributed by atoms with Gasteiger partial charge in [0.15, 0.2) is 17.5 Å². The third kappa shape index (κ3) is 5.80. The number of nitrogens with one attached hydrogen (secondary N) is 2. The molecule has 0 aromatic heterocycles. The van der Waals surface area contributed by atoms with Crippen molar-refractivity contribution < 1.29 is 9.47 Å². The first kappa shape index (κ1) is 20.4. The summed E-state index contributed by atoms with van der Waals surface area (Å²) >= 11 is 0. The molecule has 146 valence electrons. The van der Waals surface area contributed by atoms with Crippen LogP contribution in [0.4, 0.5) is 5.69 Å². The first-order valence-corrected chi connectivity index (χ1v) is 9.59. The molecule has 0 amide bonds. The maximum atomic E-state index is 5.64. The van der Waals surface area contributed by atoms with E-state index < -0.39 is 0 Å². The van der Waals surface area contributed by atoms with Crippen molar-refractivity contribution in [3.63, 3.8) is 0 Å². The Morgan fingerprint density at radius 3 is 2.81 bits per heavy atom. The monoisotopic (exact) mass is 362 g/mol.